The van der Waals surface area contributed by atoms with Gasteiger partial charge in [0.2, 0.25) is 0 Å². The van der Waals surface area contributed by atoms with E-state index in [0.717, 1.165) is 0 Å². The van der Waals surface area contributed by atoms with Gasteiger partial charge in [-0.1, -0.05) is 5.10 Å². The second kappa shape index (κ2) is 4.32. The molecule has 82 valence electrons. The van der Waals surface area contributed by atoms with Gasteiger partial charge in [0.1, 0.15) is 0 Å². The third-order valence-electron chi connectivity index (χ3n) is 1.94. The number of ether oxygens (including phenoxy) is 1. The van der Waals surface area contributed by atoms with E-state index in [1.807, 2.05) is 0 Å². The van der Waals surface area contributed by atoms with Crippen LogP contribution in [0.1, 0.15) is 10.4 Å². The van der Waals surface area contributed by atoms with Crippen molar-refractivity contribution in [1.82, 2.24) is 10.2 Å². The lowest BCUT2D eigenvalue weighted by Gasteiger charge is -1.95. The summed E-state index contributed by atoms with van der Waals surface area (Å²) < 4.78 is 9.92. The molecule has 16 heavy (non-hydrogen) atoms. The van der Waals surface area contributed by atoms with Crippen molar-refractivity contribution in [3.63, 3.8) is 0 Å². The second-order valence-corrected chi connectivity index (χ2v) is 3.27. The van der Waals surface area contributed by atoms with Crippen molar-refractivity contribution < 1.29 is 13.9 Å². The molecule has 1 aromatic heterocycles. The summed E-state index contributed by atoms with van der Waals surface area (Å²) in [5, 5.41) is 6.90. The Morgan fingerprint density at radius 3 is 2.50 bits per heavy atom. The quantitative estimate of drug-likeness (QED) is 0.767. The van der Waals surface area contributed by atoms with Gasteiger partial charge in [-0.15, -0.1) is 5.10 Å². The van der Waals surface area contributed by atoms with E-state index >= 15 is 0 Å². The Morgan fingerprint density at radius 1 is 1.31 bits per heavy atom. The minimum atomic E-state index is -0.505. The SMILES string of the molecule is COc1nnc(-c2ccc(C(=O)Cl)cc2)o1. The lowest BCUT2D eigenvalue weighted by atomic mass is 10.1. The molecule has 0 N–H and O–H groups in total. The smallest absolute Gasteiger partial charge is 0.414 e. The zero-order valence-corrected chi connectivity index (χ0v) is 9.06. The molecule has 1 heterocycles. The number of aromatic nitrogens is 2. The van der Waals surface area contributed by atoms with Crippen LogP contribution in [-0.2, 0) is 0 Å². The van der Waals surface area contributed by atoms with Gasteiger partial charge in [0, 0.05) is 11.1 Å². The highest BCUT2D eigenvalue weighted by Crippen LogP contribution is 2.21. The van der Waals surface area contributed by atoms with Gasteiger partial charge in [0.25, 0.3) is 11.1 Å². The van der Waals surface area contributed by atoms with E-state index in [1.165, 1.54) is 7.11 Å². The molecule has 2 aromatic rings. The number of methoxy groups -OCH3 is 1. The minimum Gasteiger partial charge on any atom is -0.452 e. The Bertz CT molecular complexity index is 507. The lowest BCUT2D eigenvalue weighted by Crippen LogP contribution is -1.87. The Balaban J connectivity index is 2.30. The van der Waals surface area contributed by atoms with Crippen molar-refractivity contribution in [3.8, 4) is 17.5 Å². The second-order valence-electron chi connectivity index (χ2n) is 2.93. The molecule has 0 radical (unpaired) electrons. The van der Waals surface area contributed by atoms with E-state index in [4.69, 9.17) is 20.8 Å². The Hall–Kier alpha value is -1.88. The fourth-order valence-electron chi connectivity index (χ4n) is 1.15. The van der Waals surface area contributed by atoms with E-state index in [9.17, 15) is 4.79 Å². The summed E-state index contributed by atoms with van der Waals surface area (Å²) >= 11 is 5.32. The highest BCUT2D eigenvalue weighted by atomic mass is 35.5. The molecule has 0 aliphatic rings. The molecular weight excluding hydrogens is 232 g/mol. The monoisotopic (exact) mass is 238 g/mol. The summed E-state index contributed by atoms with van der Waals surface area (Å²) in [5.41, 5.74) is 1.11. The van der Waals surface area contributed by atoms with Crippen molar-refractivity contribution in [2.24, 2.45) is 0 Å². The maximum absolute atomic E-state index is 10.8. The van der Waals surface area contributed by atoms with Crippen LogP contribution in [0.15, 0.2) is 28.7 Å². The van der Waals surface area contributed by atoms with Crippen LogP contribution in [0, 0.1) is 0 Å². The van der Waals surface area contributed by atoms with Crippen LogP contribution in [0.5, 0.6) is 6.08 Å². The molecule has 0 unspecified atom stereocenters. The summed E-state index contributed by atoms with van der Waals surface area (Å²) in [4.78, 5) is 10.8. The van der Waals surface area contributed by atoms with Gasteiger partial charge in [-0.2, -0.15) is 0 Å². The number of benzene rings is 1. The Kier molecular flexibility index (Phi) is 2.87. The fourth-order valence-corrected chi connectivity index (χ4v) is 1.28. The van der Waals surface area contributed by atoms with Gasteiger partial charge in [-0.05, 0) is 35.9 Å². The first kappa shape index (κ1) is 10.6. The molecule has 0 aliphatic carbocycles. The summed E-state index contributed by atoms with van der Waals surface area (Å²) in [5.74, 6) is 0.324. The van der Waals surface area contributed by atoms with Crippen LogP contribution in [0.4, 0.5) is 0 Å². The molecule has 0 atom stereocenters. The maximum Gasteiger partial charge on any atom is 0.414 e. The molecule has 1 aromatic carbocycles. The number of nitrogens with zero attached hydrogens (tertiary/aromatic N) is 2. The molecule has 0 fully saturated rings. The molecule has 0 spiro atoms. The van der Waals surface area contributed by atoms with Gasteiger partial charge in [0.15, 0.2) is 0 Å². The van der Waals surface area contributed by atoms with Crippen LogP contribution in [0.25, 0.3) is 11.5 Å². The topological polar surface area (TPSA) is 65.2 Å². The first-order valence-electron chi connectivity index (χ1n) is 4.38. The van der Waals surface area contributed by atoms with Crippen molar-refractivity contribution in [1.29, 1.82) is 0 Å². The van der Waals surface area contributed by atoms with Crippen LogP contribution < -0.4 is 4.74 Å². The molecule has 6 heteroatoms. The first-order valence-corrected chi connectivity index (χ1v) is 4.76. The minimum absolute atomic E-state index is 0.0903. The summed E-state index contributed by atoms with van der Waals surface area (Å²) in [6.45, 7) is 0. The first-order chi connectivity index (χ1) is 7.70. The molecule has 5 nitrogen and oxygen atoms in total. The third-order valence-corrected chi connectivity index (χ3v) is 2.16. The zero-order chi connectivity index (χ0) is 11.5. The molecule has 0 saturated heterocycles. The maximum atomic E-state index is 10.8. The van der Waals surface area contributed by atoms with E-state index in [1.54, 1.807) is 24.3 Å². The Labute approximate surface area is 96.0 Å². The molecule has 2 rings (SSSR count). The van der Waals surface area contributed by atoms with Gasteiger partial charge in [-0.25, -0.2) is 0 Å². The molecule has 0 saturated carbocycles. The number of hydrogen-bond donors (Lipinski definition) is 0. The number of carbonyl (C=O) groups excluding carboxylic acids is 1. The summed E-state index contributed by atoms with van der Waals surface area (Å²) in [6, 6.07) is 6.51. The van der Waals surface area contributed by atoms with Crippen molar-refractivity contribution in [3.05, 3.63) is 29.8 Å². The van der Waals surface area contributed by atoms with Crippen LogP contribution in [0.3, 0.4) is 0 Å². The van der Waals surface area contributed by atoms with Gasteiger partial charge in [0.05, 0.1) is 7.11 Å². The average Bonchev–Trinajstić information content (AvgIpc) is 2.77. The van der Waals surface area contributed by atoms with E-state index < -0.39 is 5.24 Å². The average molecular weight is 239 g/mol. The predicted molar refractivity (Wildman–Crippen MR) is 56.5 cm³/mol. The lowest BCUT2D eigenvalue weighted by molar-refractivity contribution is 0.108. The number of hydrogen-bond acceptors (Lipinski definition) is 5. The Morgan fingerprint density at radius 2 is 2.00 bits per heavy atom. The number of rotatable bonds is 3. The van der Waals surface area contributed by atoms with Crippen LogP contribution >= 0.6 is 11.6 Å². The molecule has 0 amide bonds. The fraction of sp³-hybridized carbons (Fsp3) is 0.100. The highest BCUT2D eigenvalue weighted by molar-refractivity contribution is 6.67. The van der Waals surface area contributed by atoms with Gasteiger partial charge < -0.3 is 9.15 Å². The van der Waals surface area contributed by atoms with E-state index in [2.05, 4.69) is 10.2 Å². The number of halogens is 1. The summed E-state index contributed by atoms with van der Waals surface area (Å²) in [7, 11) is 1.44. The van der Waals surface area contributed by atoms with Crippen LogP contribution in [0.2, 0.25) is 0 Å². The van der Waals surface area contributed by atoms with Crippen molar-refractivity contribution >= 4 is 16.8 Å². The summed E-state index contributed by atoms with van der Waals surface area (Å²) in [6.07, 6.45) is 0.0903. The molecular formula is C10H7ClN2O3. The van der Waals surface area contributed by atoms with E-state index in [-0.39, 0.29) is 6.08 Å². The molecule has 0 aliphatic heterocycles. The largest absolute Gasteiger partial charge is 0.452 e. The van der Waals surface area contributed by atoms with Gasteiger partial charge >= 0.3 is 6.08 Å². The molecule has 0 bridgehead atoms. The number of carbonyl (C=O) groups is 1. The van der Waals surface area contributed by atoms with Crippen molar-refractivity contribution in [2.45, 2.75) is 0 Å². The normalized spacial score (nSPS) is 10.1. The van der Waals surface area contributed by atoms with Gasteiger partial charge in [-0.3, -0.25) is 4.79 Å². The van der Waals surface area contributed by atoms with E-state index in [0.29, 0.717) is 17.0 Å². The zero-order valence-electron chi connectivity index (χ0n) is 8.31. The standard InChI is InChI=1S/C10H7ClN2O3/c1-15-10-13-12-9(16-10)7-4-2-6(3-5-7)8(11)14/h2-5H,1H3. The third kappa shape index (κ3) is 2.04. The highest BCUT2D eigenvalue weighted by Gasteiger charge is 2.09. The van der Waals surface area contributed by atoms with Crippen LogP contribution in [-0.4, -0.2) is 22.5 Å². The predicted octanol–water partition coefficient (Wildman–Crippen LogP) is 2.12. The van der Waals surface area contributed by atoms with Crippen molar-refractivity contribution in [2.75, 3.05) is 7.11 Å².